The van der Waals surface area contributed by atoms with Crippen molar-refractivity contribution >= 4 is 11.6 Å². The summed E-state index contributed by atoms with van der Waals surface area (Å²) in [6.45, 7) is 0. The van der Waals surface area contributed by atoms with Crippen LogP contribution in [0.4, 0.5) is 5.69 Å². The Labute approximate surface area is 140 Å². The lowest BCUT2D eigenvalue weighted by Crippen LogP contribution is -2.14. The summed E-state index contributed by atoms with van der Waals surface area (Å²) in [5.74, 6) is -0.276. The number of carbonyl (C=O) groups excluding carboxylic acids is 1. The maximum Gasteiger partial charge on any atom is 0.274 e. The van der Waals surface area contributed by atoms with Crippen molar-refractivity contribution < 1.29 is 4.79 Å². The Morgan fingerprint density at radius 3 is 2.58 bits per heavy atom. The molecule has 0 spiro atoms. The van der Waals surface area contributed by atoms with Crippen molar-refractivity contribution in [1.82, 2.24) is 4.98 Å². The Hall–Kier alpha value is -3.45. The highest BCUT2D eigenvalue weighted by Gasteiger charge is 2.09. The van der Waals surface area contributed by atoms with E-state index in [1.165, 1.54) is 0 Å². The predicted octanol–water partition coefficient (Wildman–Crippen LogP) is 4.07. The van der Waals surface area contributed by atoms with Crippen LogP contribution in [0.15, 0.2) is 72.8 Å². The minimum atomic E-state index is -0.276. The molecule has 0 aliphatic rings. The molecule has 0 atom stereocenters. The van der Waals surface area contributed by atoms with E-state index in [4.69, 9.17) is 5.26 Å². The van der Waals surface area contributed by atoms with E-state index in [-0.39, 0.29) is 5.91 Å². The Balaban J connectivity index is 1.81. The largest absolute Gasteiger partial charge is 0.321 e. The summed E-state index contributed by atoms with van der Waals surface area (Å²) in [5.41, 5.74) is 3.58. The van der Waals surface area contributed by atoms with Crippen LogP contribution in [0.2, 0.25) is 0 Å². The van der Waals surface area contributed by atoms with Crippen LogP contribution in [-0.4, -0.2) is 10.9 Å². The third kappa shape index (κ3) is 3.65. The molecule has 24 heavy (non-hydrogen) atoms. The summed E-state index contributed by atoms with van der Waals surface area (Å²) in [4.78, 5) is 16.9. The molecule has 0 saturated carbocycles. The number of carbonyl (C=O) groups is 1. The van der Waals surface area contributed by atoms with E-state index in [2.05, 4.69) is 16.4 Å². The number of anilines is 1. The van der Waals surface area contributed by atoms with Gasteiger partial charge in [-0.05, 0) is 29.8 Å². The number of amides is 1. The average Bonchev–Trinajstić information content (AvgIpc) is 2.63. The van der Waals surface area contributed by atoms with Gasteiger partial charge in [-0.15, -0.1) is 0 Å². The molecule has 4 heteroatoms. The second kappa shape index (κ2) is 7.21. The molecule has 0 fully saturated rings. The fraction of sp³-hybridized carbons (Fsp3) is 0.0500. The van der Waals surface area contributed by atoms with Crippen LogP contribution in [-0.2, 0) is 6.42 Å². The first kappa shape index (κ1) is 15.4. The highest BCUT2D eigenvalue weighted by atomic mass is 16.1. The zero-order valence-electron chi connectivity index (χ0n) is 12.9. The Morgan fingerprint density at radius 2 is 1.79 bits per heavy atom. The van der Waals surface area contributed by atoms with Gasteiger partial charge in [0.2, 0.25) is 0 Å². The summed E-state index contributed by atoms with van der Waals surface area (Å²) >= 11 is 0. The highest BCUT2D eigenvalue weighted by molar-refractivity contribution is 6.03. The average molecular weight is 313 g/mol. The smallest absolute Gasteiger partial charge is 0.274 e. The molecule has 4 nitrogen and oxygen atoms in total. The number of benzene rings is 2. The number of pyridine rings is 1. The zero-order valence-corrected chi connectivity index (χ0v) is 12.9. The van der Waals surface area contributed by atoms with Crippen molar-refractivity contribution in [3.05, 3.63) is 84.1 Å². The van der Waals surface area contributed by atoms with Crippen molar-refractivity contribution in [3.8, 4) is 17.3 Å². The molecule has 1 N–H and O–H groups in total. The maximum atomic E-state index is 12.4. The minimum absolute atomic E-state index is 0.276. The zero-order chi connectivity index (χ0) is 16.8. The van der Waals surface area contributed by atoms with Crippen molar-refractivity contribution in [1.29, 1.82) is 5.26 Å². The van der Waals surface area contributed by atoms with Gasteiger partial charge in [-0.2, -0.15) is 5.26 Å². The van der Waals surface area contributed by atoms with Crippen LogP contribution in [0.5, 0.6) is 0 Å². The van der Waals surface area contributed by atoms with E-state index in [0.29, 0.717) is 17.8 Å². The monoisotopic (exact) mass is 313 g/mol. The third-order valence-corrected chi connectivity index (χ3v) is 3.52. The SMILES string of the molecule is N#CCc1cccc(NC(=O)c2cccc(-c3ccccc3)n2)c1. The molecule has 3 rings (SSSR count). The van der Waals surface area contributed by atoms with Gasteiger partial charge in [0.05, 0.1) is 18.2 Å². The number of rotatable bonds is 4. The van der Waals surface area contributed by atoms with Crippen LogP contribution >= 0.6 is 0 Å². The molecule has 0 aliphatic heterocycles. The molecular formula is C20H15N3O. The van der Waals surface area contributed by atoms with Gasteiger partial charge in [-0.1, -0.05) is 48.5 Å². The van der Waals surface area contributed by atoms with Crippen molar-refractivity contribution in [2.45, 2.75) is 6.42 Å². The fourth-order valence-electron chi connectivity index (χ4n) is 2.38. The van der Waals surface area contributed by atoms with E-state index in [0.717, 1.165) is 16.8 Å². The molecule has 0 saturated heterocycles. The molecular weight excluding hydrogens is 298 g/mol. The molecule has 3 aromatic rings. The number of nitriles is 1. The standard InChI is InChI=1S/C20H15N3O/c21-13-12-15-6-4-9-17(14-15)22-20(24)19-11-5-10-18(23-19)16-7-2-1-3-8-16/h1-11,14H,12H2,(H,22,24). The van der Waals surface area contributed by atoms with Crippen molar-refractivity contribution in [2.75, 3.05) is 5.32 Å². The first-order valence-electron chi connectivity index (χ1n) is 7.56. The van der Waals surface area contributed by atoms with Gasteiger partial charge in [0.1, 0.15) is 5.69 Å². The van der Waals surface area contributed by atoms with Gasteiger partial charge in [-0.3, -0.25) is 4.79 Å². The van der Waals surface area contributed by atoms with Gasteiger partial charge in [0, 0.05) is 11.3 Å². The summed E-state index contributed by atoms with van der Waals surface area (Å²) in [7, 11) is 0. The normalized spacial score (nSPS) is 9.96. The fourth-order valence-corrected chi connectivity index (χ4v) is 2.38. The molecule has 1 heterocycles. The molecule has 0 bridgehead atoms. The molecule has 2 aromatic carbocycles. The minimum Gasteiger partial charge on any atom is -0.321 e. The van der Waals surface area contributed by atoms with E-state index >= 15 is 0 Å². The highest BCUT2D eigenvalue weighted by Crippen LogP contribution is 2.17. The van der Waals surface area contributed by atoms with Gasteiger partial charge < -0.3 is 5.32 Å². The Kier molecular flexibility index (Phi) is 4.64. The maximum absolute atomic E-state index is 12.4. The molecule has 0 radical (unpaired) electrons. The van der Waals surface area contributed by atoms with Gasteiger partial charge in [-0.25, -0.2) is 4.98 Å². The lowest BCUT2D eigenvalue weighted by Gasteiger charge is -2.07. The second-order valence-corrected chi connectivity index (χ2v) is 5.26. The third-order valence-electron chi connectivity index (χ3n) is 3.52. The molecule has 0 aliphatic carbocycles. The summed E-state index contributed by atoms with van der Waals surface area (Å²) < 4.78 is 0. The van der Waals surface area contributed by atoms with Crippen LogP contribution < -0.4 is 5.32 Å². The van der Waals surface area contributed by atoms with E-state index in [1.807, 2.05) is 54.6 Å². The second-order valence-electron chi connectivity index (χ2n) is 5.26. The molecule has 0 unspecified atom stereocenters. The van der Waals surface area contributed by atoms with Gasteiger partial charge in [0.15, 0.2) is 0 Å². The van der Waals surface area contributed by atoms with E-state index < -0.39 is 0 Å². The predicted molar refractivity (Wildman–Crippen MR) is 93.4 cm³/mol. The summed E-state index contributed by atoms with van der Waals surface area (Å²) in [5, 5.41) is 11.6. The number of nitrogens with zero attached hydrogens (tertiary/aromatic N) is 2. The van der Waals surface area contributed by atoms with Crippen LogP contribution in [0.3, 0.4) is 0 Å². The summed E-state index contributed by atoms with van der Waals surface area (Å²) in [6.07, 6.45) is 0.311. The number of hydrogen-bond donors (Lipinski definition) is 1. The Bertz CT molecular complexity index is 898. The lowest BCUT2D eigenvalue weighted by molar-refractivity contribution is 0.102. The quantitative estimate of drug-likeness (QED) is 0.789. The Morgan fingerprint density at radius 1 is 1.00 bits per heavy atom. The van der Waals surface area contributed by atoms with Crippen LogP contribution in [0.25, 0.3) is 11.3 Å². The summed E-state index contributed by atoms with van der Waals surface area (Å²) in [6, 6.07) is 24.4. The molecule has 116 valence electrons. The number of aromatic nitrogens is 1. The molecule has 1 amide bonds. The number of nitrogens with one attached hydrogen (secondary N) is 1. The van der Waals surface area contributed by atoms with Crippen molar-refractivity contribution in [3.63, 3.8) is 0 Å². The van der Waals surface area contributed by atoms with Crippen LogP contribution in [0, 0.1) is 11.3 Å². The van der Waals surface area contributed by atoms with Crippen LogP contribution in [0.1, 0.15) is 16.1 Å². The van der Waals surface area contributed by atoms with E-state index in [1.54, 1.807) is 18.2 Å². The van der Waals surface area contributed by atoms with Gasteiger partial charge >= 0.3 is 0 Å². The lowest BCUT2D eigenvalue weighted by atomic mass is 10.1. The topological polar surface area (TPSA) is 65.8 Å². The van der Waals surface area contributed by atoms with Gasteiger partial charge in [0.25, 0.3) is 5.91 Å². The first-order chi connectivity index (χ1) is 11.8. The first-order valence-corrected chi connectivity index (χ1v) is 7.56. The van der Waals surface area contributed by atoms with Crippen molar-refractivity contribution in [2.24, 2.45) is 0 Å². The van der Waals surface area contributed by atoms with E-state index in [9.17, 15) is 4.79 Å². The molecule has 1 aromatic heterocycles. The number of hydrogen-bond acceptors (Lipinski definition) is 3.